The standard InChI is InChI=1S/C37H50N6O2/c1-5-40(37(45)36-29(3)38-27-39-30(36)4)22-17-28(2)41-23-18-34(19-24-41)43(26-32-11-7-6-8-12-32)33-15-13-31(14-16-33)25-35(44)42-20-9-10-21-42/h6-8,11-16,27-28,34H,5,9-10,17-26H2,1-4H3. The fourth-order valence-corrected chi connectivity index (χ4v) is 6.90. The largest absolute Gasteiger partial charge is 0.364 e. The van der Waals surface area contributed by atoms with Gasteiger partial charge in [-0.2, -0.15) is 0 Å². The second kappa shape index (κ2) is 15.5. The summed E-state index contributed by atoms with van der Waals surface area (Å²) in [6.07, 6.45) is 7.35. The molecule has 1 aromatic heterocycles. The fraction of sp³-hybridized carbons (Fsp3) is 0.514. The highest BCUT2D eigenvalue weighted by molar-refractivity contribution is 5.96. The normalized spacial score (nSPS) is 16.5. The second-order valence-corrected chi connectivity index (χ2v) is 12.8. The monoisotopic (exact) mass is 610 g/mol. The minimum atomic E-state index is 0.0296. The highest BCUT2D eigenvalue weighted by atomic mass is 16.2. The molecule has 0 radical (unpaired) electrons. The van der Waals surface area contributed by atoms with Gasteiger partial charge in [-0.25, -0.2) is 9.97 Å². The van der Waals surface area contributed by atoms with Gasteiger partial charge in [0, 0.05) is 63.6 Å². The van der Waals surface area contributed by atoms with E-state index in [9.17, 15) is 9.59 Å². The summed E-state index contributed by atoms with van der Waals surface area (Å²) in [5, 5.41) is 0. The topological polar surface area (TPSA) is 72.9 Å². The van der Waals surface area contributed by atoms with Crippen molar-refractivity contribution in [2.24, 2.45) is 0 Å². The Balaban J connectivity index is 1.19. The van der Waals surface area contributed by atoms with Gasteiger partial charge in [0.25, 0.3) is 5.91 Å². The van der Waals surface area contributed by atoms with Crippen LogP contribution in [0.3, 0.4) is 0 Å². The maximum atomic E-state index is 13.4. The first kappa shape index (κ1) is 32.6. The van der Waals surface area contributed by atoms with Crippen molar-refractivity contribution >= 4 is 17.5 Å². The molecule has 2 aromatic carbocycles. The minimum absolute atomic E-state index is 0.0296. The van der Waals surface area contributed by atoms with Gasteiger partial charge in [0.15, 0.2) is 0 Å². The summed E-state index contributed by atoms with van der Waals surface area (Å²) in [6, 6.07) is 20.2. The summed E-state index contributed by atoms with van der Waals surface area (Å²) in [5.41, 5.74) is 5.73. The van der Waals surface area contributed by atoms with Crippen LogP contribution >= 0.6 is 0 Å². The number of amides is 2. The van der Waals surface area contributed by atoms with Crippen LogP contribution in [0.2, 0.25) is 0 Å². The molecular weight excluding hydrogens is 560 g/mol. The molecule has 0 saturated carbocycles. The molecule has 3 aromatic rings. The highest BCUT2D eigenvalue weighted by Gasteiger charge is 2.28. The summed E-state index contributed by atoms with van der Waals surface area (Å²) in [4.78, 5) is 43.7. The number of nitrogens with zero attached hydrogens (tertiary/aromatic N) is 6. The van der Waals surface area contributed by atoms with Gasteiger partial charge in [-0.05, 0) is 83.1 Å². The van der Waals surface area contributed by atoms with Crippen LogP contribution in [-0.4, -0.2) is 87.8 Å². The molecule has 1 atom stereocenters. The van der Waals surface area contributed by atoms with Crippen molar-refractivity contribution in [2.75, 3.05) is 44.2 Å². The van der Waals surface area contributed by atoms with Crippen molar-refractivity contribution in [3.63, 3.8) is 0 Å². The molecule has 8 heteroatoms. The third-order valence-electron chi connectivity index (χ3n) is 9.77. The summed E-state index contributed by atoms with van der Waals surface area (Å²) in [5.74, 6) is 0.274. The molecule has 240 valence electrons. The van der Waals surface area contributed by atoms with E-state index < -0.39 is 0 Å². The van der Waals surface area contributed by atoms with Crippen LogP contribution < -0.4 is 4.90 Å². The highest BCUT2D eigenvalue weighted by Crippen LogP contribution is 2.28. The molecule has 3 heterocycles. The summed E-state index contributed by atoms with van der Waals surface area (Å²) in [6.45, 7) is 14.2. The Labute approximate surface area is 269 Å². The first-order valence-corrected chi connectivity index (χ1v) is 16.8. The number of piperidine rings is 1. The van der Waals surface area contributed by atoms with Crippen molar-refractivity contribution in [2.45, 2.75) is 84.8 Å². The van der Waals surface area contributed by atoms with Crippen molar-refractivity contribution in [1.82, 2.24) is 24.7 Å². The van der Waals surface area contributed by atoms with E-state index in [1.165, 1.54) is 17.6 Å². The third kappa shape index (κ3) is 8.28. The second-order valence-electron chi connectivity index (χ2n) is 12.8. The lowest BCUT2D eigenvalue weighted by atomic mass is 9.98. The molecule has 2 amide bonds. The van der Waals surface area contributed by atoms with E-state index in [2.05, 4.69) is 81.3 Å². The molecule has 2 aliphatic heterocycles. The fourth-order valence-electron chi connectivity index (χ4n) is 6.90. The van der Waals surface area contributed by atoms with E-state index in [1.807, 2.05) is 30.6 Å². The number of benzene rings is 2. The van der Waals surface area contributed by atoms with Crippen LogP contribution in [0.5, 0.6) is 0 Å². The van der Waals surface area contributed by atoms with Gasteiger partial charge in [-0.3, -0.25) is 9.59 Å². The lowest BCUT2D eigenvalue weighted by Crippen LogP contribution is -2.48. The lowest BCUT2D eigenvalue weighted by molar-refractivity contribution is -0.129. The Bertz CT molecular complexity index is 1380. The molecule has 2 saturated heterocycles. The Kier molecular flexibility index (Phi) is 11.2. The molecule has 2 fully saturated rings. The number of anilines is 1. The maximum Gasteiger partial charge on any atom is 0.257 e. The zero-order valence-corrected chi connectivity index (χ0v) is 27.6. The molecule has 0 bridgehead atoms. The van der Waals surface area contributed by atoms with Crippen LogP contribution in [0, 0.1) is 13.8 Å². The zero-order chi connectivity index (χ0) is 31.8. The van der Waals surface area contributed by atoms with Gasteiger partial charge >= 0.3 is 0 Å². The van der Waals surface area contributed by atoms with E-state index in [0.717, 1.165) is 88.3 Å². The van der Waals surface area contributed by atoms with Crippen LogP contribution in [0.25, 0.3) is 0 Å². The number of likely N-dealkylation sites (tertiary alicyclic amines) is 2. The van der Waals surface area contributed by atoms with Crippen molar-refractivity contribution < 1.29 is 9.59 Å². The Morgan fingerprint density at radius 3 is 2.16 bits per heavy atom. The molecule has 8 nitrogen and oxygen atoms in total. The number of aromatic nitrogens is 2. The van der Waals surface area contributed by atoms with Gasteiger partial charge in [0.2, 0.25) is 5.91 Å². The van der Waals surface area contributed by atoms with Crippen molar-refractivity contribution in [3.05, 3.63) is 89.0 Å². The lowest BCUT2D eigenvalue weighted by Gasteiger charge is -2.42. The average molecular weight is 611 g/mol. The maximum absolute atomic E-state index is 13.4. The van der Waals surface area contributed by atoms with Gasteiger partial charge in [-0.1, -0.05) is 42.5 Å². The van der Waals surface area contributed by atoms with E-state index in [1.54, 1.807) is 0 Å². The molecule has 0 N–H and O–H groups in total. The predicted molar refractivity (Wildman–Crippen MR) is 180 cm³/mol. The zero-order valence-electron chi connectivity index (χ0n) is 27.6. The van der Waals surface area contributed by atoms with E-state index in [4.69, 9.17) is 0 Å². The quantitative estimate of drug-likeness (QED) is 0.263. The van der Waals surface area contributed by atoms with E-state index in [-0.39, 0.29) is 11.8 Å². The Hall–Kier alpha value is -3.78. The van der Waals surface area contributed by atoms with Gasteiger partial charge in [-0.15, -0.1) is 0 Å². The van der Waals surface area contributed by atoms with Gasteiger partial charge in [0.05, 0.1) is 23.4 Å². The number of hydrogen-bond donors (Lipinski definition) is 0. The molecule has 0 spiro atoms. The number of hydrogen-bond acceptors (Lipinski definition) is 6. The van der Waals surface area contributed by atoms with Crippen LogP contribution in [0.1, 0.15) is 78.8 Å². The van der Waals surface area contributed by atoms with Crippen LogP contribution in [0.4, 0.5) is 5.69 Å². The number of rotatable bonds is 12. The van der Waals surface area contributed by atoms with Crippen molar-refractivity contribution in [1.29, 1.82) is 0 Å². The summed E-state index contributed by atoms with van der Waals surface area (Å²) >= 11 is 0. The number of aryl methyl sites for hydroxylation is 2. The smallest absolute Gasteiger partial charge is 0.257 e. The van der Waals surface area contributed by atoms with Crippen LogP contribution in [0.15, 0.2) is 60.9 Å². The predicted octanol–water partition coefficient (Wildman–Crippen LogP) is 5.67. The third-order valence-corrected chi connectivity index (χ3v) is 9.77. The molecule has 0 aliphatic carbocycles. The molecule has 45 heavy (non-hydrogen) atoms. The molecule has 5 rings (SSSR count). The Morgan fingerprint density at radius 2 is 1.53 bits per heavy atom. The molecular formula is C37H50N6O2. The summed E-state index contributed by atoms with van der Waals surface area (Å²) < 4.78 is 0. The molecule has 2 aliphatic rings. The van der Waals surface area contributed by atoms with Gasteiger partial charge < -0.3 is 19.6 Å². The minimum Gasteiger partial charge on any atom is -0.364 e. The first-order chi connectivity index (χ1) is 21.8. The number of carbonyl (C=O) groups excluding carboxylic acids is 2. The SMILES string of the molecule is CCN(CCC(C)N1CCC(N(Cc2ccccc2)c2ccc(CC(=O)N3CCCC3)cc2)CC1)C(=O)c1c(C)ncnc1C. The number of carbonyl (C=O) groups is 2. The van der Waals surface area contributed by atoms with Gasteiger partial charge in [0.1, 0.15) is 6.33 Å². The van der Waals surface area contributed by atoms with E-state index in [0.29, 0.717) is 30.6 Å². The average Bonchev–Trinajstić information content (AvgIpc) is 3.61. The summed E-state index contributed by atoms with van der Waals surface area (Å²) in [7, 11) is 0. The van der Waals surface area contributed by atoms with E-state index >= 15 is 0 Å². The van der Waals surface area contributed by atoms with Crippen LogP contribution in [-0.2, 0) is 17.8 Å². The Morgan fingerprint density at radius 1 is 0.889 bits per heavy atom. The van der Waals surface area contributed by atoms with Crippen molar-refractivity contribution in [3.8, 4) is 0 Å². The molecule has 1 unspecified atom stereocenters. The first-order valence-electron chi connectivity index (χ1n) is 16.8.